The number of nitrogens with one attached hydrogen (secondary N) is 1. The molecule has 0 aliphatic rings. The van der Waals surface area contributed by atoms with Gasteiger partial charge < -0.3 is 10.2 Å². The van der Waals surface area contributed by atoms with Crippen LogP contribution >= 0.6 is 0 Å². The van der Waals surface area contributed by atoms with Gasteiger partial charge in [-0.2, -0.15) is 0 Å². The van der Waals surface area contributed by atoms with E-state index in [9.17, 15) is 4.79 Å². The number of aromatic nitrogens is 2. The van der Waals surface area contributed by atoms with Crippen molar-refractivity contribution in [3.63, 3.8) is 0 Å². The second-order valence-corrected chi connectivity index (χ2v) is 3.93. The summed E-state index contributed by atoms with van der Waals surface area (Å²) in [5, 5.41) is 3.11. The molecular formula is C11H18N4O. The third-order valence-corrected chi connectivity index (χ3v) is 2.07. The number of anilines is 2. The van der Waals surface area contributed by atoms with Gasteiger partial charge in [0.15, 0.2) is 0 Å². The van der Waals surface area contributed by atoms with Crippen molar-refractivity contribution in [2.75, 3.05) is 30.9 Å². The lowest BCUT2D eigenvalue weighted by molar-refractivity contribution is -0.116. The van der Waals surface area contributed by atoms with Crippen LogP contribution in [0.15, 0.2) is 6.07 Å². The number of nitrogens with zero attached hydrogens (tertiary/aromatic N) is 3. The third-order valence-electron chi connectivity index (χ3n) is 2.07. The van der Waals surface area contributed by atoms with E-state index >= 15 is 0 Å². The Morgan fingerprint density at radius 3 is 2.69 bits per heavy atom. The average Bonchev–Trinajstić information content (AvgIpc) is 2.16. The van der Waals surface area contributed by atoms with Gasteiger partial charge in [-0.25, -0.2) is 9.97 Å². The molecule has 0 aliphatic heterocycles. The highest BCUT2D eigenvalue weighted by molar-refractivity contribution is 5.75. The SMILES string of the molecule is CC(=O)CCNc1cc(N(C)C)nc(C)n1. The summed E-state index contributed by atoms with van der Waals surface area (Å²) in [7, 11) is 3.86. The fourth-order valence-electron chi connectivity index (χ4n) is 1.24. The van der Waals surface area contributed by atoms with E-state index in [4.69, 9.17) is 0 Å². The molecule has 0 radical (unpaired) electrons. The van der Waals surface area contributed by atoms with Gasteiger partial charge in [0.05, 0.1) is 0 Å². The first-order chi connectivity index (χ1) is 7.49. The van der Waals surface area contributed by atoms with Crippen LogP contribution in [0.25, 0.3) is 0 Å². The Kier molecular flexibility index (Phi) is 4.22. The van der Waals surface area contributed by atoms with E-state index < -0.39 is 0 Å². The van der Waals surface area contributed by atoms with Crippen LogP contribution < -0.4 is 10.2 Å². The van der Waals surface area contributed by atoms with Crippen molar-refractivity contribution in [3.05, 3.63) is 11.9 Å². The quantitative estimate of drug-likeness (QED) is 0.812. The second-order valence-electron chi connectivity index (χ2n) is 3.93. The molecule has 16 heavy (non-hydrogen) atoms. The minimum absolute atomic E-state index is 0.172. The van der Waals surface area contributed by atoms with Gasteiger partial charge in [-0.15, -0.1) is 0 Å². The summed E-state index contributed by atoms with van der Waals surface area (Å²) in [6.07, 6.45) is 0.514. The minimum Gasteiger partial charge on any atom is -0.369 e. The van der Waals surface area contributed by atoms with E-state index in [2.05, 4.69) is 15.3 Å². The third kappa shape index (κ3) is 3.84. The van der Waals surface area contributed by atoms with E-state index in [1.54, 1.807) is 6.92 Å². The minimum atomic E-state index is 0.172. The lowest BCUT2D eigenvalue weighted by Crippen LogP contribution is -2.14. The average molecular weight is 222 g/mol. The molecule has 1 aromatic heterocycles. The number of carbonyl (C=O) groups is 1. The van der Waals surface area contributed by atoms with E-state index in [1.165, 1.54) is 0 Å². The molecule has 0 fully saturated rings. The number of hydrogen-bond donors (Lipinski definition) is 1. The van der Waals surface area contributed by atoms with Crippen LogP contribution in [0.1, 0.15) is 19.2 Å². The van der Waals surface area contributed by atoms with E-state index in [1.807, 2.05) is 32.0 Å². The molecule has 0 aromatic carbocycles. The number of ketones is 1. The Morgan fingerprint density at radius 1 is 1.44 bits per heavy atom. The molecule has 0 aliphatic carbocycles. The van der Waals surface area contributed by atoms with Gasteiger partial charge in [0.1, 0.15) is 23.2 Å². The second kappa shape index (κ2) is 5.44. The Bertz CT molecular complexity index is 376. The first-order valence-electron chi connectivity index (χ1n) is 5.25. The number of Topliss-reactive ketones (excluding diaryl/α,β-unsaturated/α-hetero) is 1. The predicted molar refractivity (Wildman–Crippen MR) is 64.9 cm³/mol. The first-order valence-corrected chi connectivity index (χ1v) is 5.25. The summed E-state index contributed by atoms with van der Waals surface area (Å²) in [5.41, 5.74) is 0. The Hall–Kier alpha value is -1.65. The molecule has 1 heterocycles. The van der Waals surface area contributed by atoms with Crippen LogP contribution in [0.3, 0.4) is 0 Å². The summed E-state index contributed by atoms with van der Waals surface area (Å²) in [4.78, 5) is 21.3. The molecule has 0 atom stereocenters. The molecule has 5 heteroatoms. The number of hydrogen-bond acceptors (Lipinski definition) is 5. The summed E-state index contributed by atoms with van der Waals surface area (Å²) >= 11 is 0. The van der Waals surface area contributed by atoms with Crippen LogP contribution in [0.4, 0.5) is 11.6 Å². The Labute approximate surface area is 95.9 Å². The molecule has 5 nitrogen and oxygen atoms in total. The molecule has 0 saturated heterocycles. The Balaban J connectivity index is 2.69. The van der Waals surface area contributed by atoms with Crippen molar-refractivity contribution in [1.82, 2.24) is 9.97 Å². The van der Waals surface area contributed by atoms with Crippen LogP contribution in [0.5, 0.6) is 0 Å². The van der Waals surface area contributed by atoms with Crippen LogP contribution in [-0.2, 0) is 4.79 Å². The van der Waals surface area contributed by atoms with Crippen LogP contribution in [-0.4, -0.2) is 36.4 Å². The largest absolute Gasteiger partial charge is 0.369 e. The van der Waals surface area contributed by atoms with Gasteiger partial charge in [0, 0.05) is 33.1 Å². The number of rotatable bonds is 5. The molecule has 0 spiro atoms. The highest BCUT2D eigenvalue weighted by atomic mass is 16.1. The maximum absolute atomic E-state index is 10.8. The van der Waals surface area contributed by atoms with E-state index in [0.29, 0.717) is 13.0 Å². The van der Waals surface area contributed by atoms with E-state index in [-0.39, 0.29) is 5.78 Å². The zero-order valence-electron chi connectivity index (χ0n) is 10.2. The van der Waals surface area contributed by atoms with E-state index in [0.717, 1.165) is 17.5 Å². The molecule has 1 aromatic rings. The van der Waals surface area contributed by atoms with Gasteiger partial charge in [-0.05, 0) is 13.8 Å². The smallest absolute Gasteiger partial charge is 0.133 e. The summed E-state index contributed by atoms with van der Waals surface area (Å²) in [6, 6.07) is 1.87. The lowest BCUT2D eigenvalue weighted by atomic mass is 10.3. The predicted octanol–water partition coefficient (Wildman–Crippen LogP) is 1.24. The topological polar surface area (TPSA) is 58.1 Å². The fourth-order valence-corrected chi connectivity index (χ4v) is 1.24. The standard InChI is InChI=1S/C11H18N4O/c1-8(16)5-6-12-10-7-11(15(3)4)14-9(2)13-10/h7H,5-6H2,1-4H3,(H,12,13,14). The van der Waals surface area contributed by atoms with Crippen LogP contribution in [0, 0.1) is 6.92 Å². The monoisotopic (exact) mass is 222 g/mol. The molecule has 0 saturated carbocycles. The van der Waals surface area contributed by atoms with Crippen molar-refractivity contribution in [2.45, 2.75) is 20.3 Å². The van der Waals surface area contributed by atoms with Crippen molar-refractivity contribution in [1.29, 1.82) is 0 Å². The van der Waals surface area contributed by atoms with Crippen molar-refractivity contribution < 1.29 is 4.79 Å². The maximum atomic E-state index is 10.8. The van der Waals surface area contributed by atoms with Crippen molar-refractivity contribution in [2.24, 2.45) is 0 Å². The van der Waals surface area contributed by atoms with Gasteiger partial charge >= 0.3 is 0 Å². The number of aryl methyl sites for hydroxylation is 1. The van der Waals surface area contributed by atoms with Crippen molar-refractivity contribution >= 4 is 17.4 Å². The normalized spacial score (nSPS) is 10.0. The highest BCUT2D eigenvalue weighted by Gasteiger charge is 2.03. The number of carbonyl (C=O) groups excluding carboxylic acids is 1. The first kappa shape index (κ1) is 12.4. The van der Waals surface area contributed by atoms with Gasteiger partial charge in [0.25, 0.3) is 0 Å². The molecule has 1 rings (SSSR count). The molecule has 88 valence electrons. The lowest BCUT2D eigenvalue weighted by Gasteiger charge is -2.13. The van der Waals surface area contributed by atoms with Crippen LogP contribution in [0.2, 0.25) is 0 Å². The highest BCUT2D eigenvalue weighted by Crippen LogP contribution is 2.13. The maximum Gasteiger partial charge on any atom is 0.133 e. The van der Waals surface area contributed by atoms with Gasteiger partial charge in [-0.3, -0.25) is 4.79 Å². The summed E-state index contributed by atoms with van der Waals surface area (Å²) in [6.45, 7) is 4.04. The molecule has 0 bridgehead atoms. The zero-order valence-corrected chi connectivity index (χ0v) is 10.2. The van der Waals surface area contributed by atoms with Gasteiger partial charge in [0.2, 0.25) is 0 Å². The summed E-state index contributed by atoms with van der Waals surface area (Å²) < 4.78 is 0. The van der Waals surface area contributed by atoms with Gasteiger partial charge in [-0.1, -0.05) is 0 Å². The molecule has 0 amide bonds. The molecular weight excluding hydrogens is 204 g/mol. The molecule has 0 unspecified atom stereocenters. The van der Waals surface area contributed by atoms with Crippen molar-refractivity contribution in [3.8, 4) is 0 Å². The zero-order chi connectivity index (χ0) is 12.1. The summed E-state index contributed by atoms with van der Waals surface area (Å²) in [5.74, 6) is 2.51. The molecule has 1 N–H and O–H groups in total. The fraction of sp³-hybridized carbons (Fsp3) is 0.545. The Morgan fingerprint density at radius 2 is 2.12 bits per heavy atom.